The third kappa shape index (κ3) is 4.74. The highest BCUT2D eigenvalue weighted by Gasteiger charge is 2.26. The maximum absolute atomic E-state index is 12.2. The smallest absolute Gasteiger partial charge is 0.289 e. The molecule has 1 fully saturated rings. The molecule has 1 aromatic heterocycles. The van der Waals surface area contributed by atoms with Crippen LogP contribution in [0.4, 0.5) is 0 Å². The van der Waals surface area contributed by atoms with Gasteiger partial charge in [-0.1, -0.05) is 0 Å². The molecule has 2 heterocycles. The van der Waals surface area contributed by atoms with Gasteiger partial charge in [-0.3, -0.25) is 9.59 Å². The fourth-order valence-corrected chi connectivity index (χ4v) is 2.78. The molecular weight excluding hydrogens is 360 g/mol. The highest BCUT2D eigenvalue weighted by molar-refractivity contribution is 9.10. The van der Waals surface area contributed by atoms with Gasteiger partial charge in [-0.05, 0) is 47.3 Å². The van der Waals surface area contributed by atoms with Gasteiger partial charge in [0.15, 0.2) is 10.4 Å². The van der Waals surface area contributed by atoms with Crippen LogP contribution in [0.25, 0.3) is 0 Å². The monoisotopic (exact) mass is 376 g/mol. The molecule has 0 aliphatic carbocycles. The molecule has 0 unspecified atom stereocenters. The van der Waals surface area contributed by atoms with Gasteiger partial charge in [-0.25, -0.2) is 0 Å². The molecule has 2 amide bonds. The summed E-state index contributed by atoms with van der Waals surface area (Å²) in [6.45, 7) is 1.25. The van der Waals surface area contributed by atoms with Gasteiger partial charge in [0.2, 0.25) is 5.91 Å². The molecule has 1 N–H and O–H groups in total. The van der Waals surface area contributed by atoms with Crippen LogP contribution in [-0.2, 0) is 4.79 Å². The lowest BCUT2D eigenvalue weighted by molar-refractivity contribution is -0.122. The van der Waals surface area contributed by atoms with Gasteiger partial charge < -0.3 is 14.6 Å². The van der Waals surface area contributed by atoms with Gasteiger partial charge in [-0.15, -0.1) is 11.6 Å². The van der Waals surface area contributed by atoms with E-state index in [9.17, 15) is 9.59 Å². The molecule has 2 rings (SSSR count). The molecule has 0 aromatic carbocycles. The van der Waals surface area contributed by atoms with Gasteiger partial charge in [-0.2, -0.15) is 0 Å². The second-order valence-electron chi connectivity index (χ2n) is 5.03. The lowest BCUT2D eigenvalue weighted by atomic mass is 10.0. The summed E-state index contributed by atoms with van der Waals surface area (Å²) in [4.78, 5) is 25.6. The minimum atomic E-state index is -0.104. The number of halogens is 2. The van der Waals surface area contributed by atoms with E-state index in [4.69, 9.17) is 16.0 Å². The van der Waals surface area contributed by atoms with E-state index in [1.165, 1.54) is 0 Å². The predicted octanol–water partition coefficient (Wildman–Crippen LogP) is 2.78. The second-order valence-corrected chi connectivity index (χ2v) is 6.19. The molecule has 1 aliphatic heterocycles. The average Bonchev–Trinajstić information content (AvgIpc) is 2.92. The second kappa shape index (κ2) is 7.84. The van der Waals surface area contributed by atoms with E-state index < -0.39 is 0 Å². The van der Waals surface area contributed by atoms with Gasteiger partial charge in [0.1, 0.15) is 0 Å². The number of carbonyl (C=O) groups is 2. The molecule has 5 nitrogen and oxygen atoms in total. The van der Waals surface area contributed by atoms with Crippen LogP contribution in [-0.4, -0.2) is 41.7 Å². The number of alkyl halides is 1. The van der Waals surface area contributed by atoms with Crippen molar-refractivity contribution in [2.75, 3.05) is 19.0 Å². The zero-order valence-electron chi connectivity index (χ0n) is 11.6. The maximum atomic E-state index is 12.2. The number of carbonyl (C=O) groups excluding carboxylic acids is 2. The molecule has 1 aromatic rings. The summed E-state index contributed by atoms with van der Waals surface area (Å²) in [5.74, 6) is 0.772. The Kier molecular flexibility index (Phi) is 6.11. The van der Waals surface area contributed by atoms with E-state index in [1.54, 1.807) is 17.0 Å². The number of nitrogens with zero attached hydrogens (tertiary/aromatic N) is 1. The first kappa shape index (κ1) is 16.4. The van der Waals surface area contributed by atoms with E-state index in [1.807, 2.05) is 0 Å². The van der Waals surface area contributed by atoms with Crippen LogP contribution < -0.4 is 5.32 Å². The number of likely N-dealkylation sites (tertiary alicyclic amines) is 1. The zero-order valence-corrected chi connectivity index (χ0v) is 14.0. The summed E-state index contributed by atoms with van der Waals surface area (Å²) in [5, 5.41) is 2.99. The fourth-order valence-electron chi connectivity index (χ4n) is 2.34. The maximum Gasteiger partial charge on any atom is 0.289 e. The summed E-state index contributed by atoms with van der Waals surface area (Å²) in [5.41, 5.74) is 0. The Bertz CT molecular complexity index is 498. The summed E-state index contributed by atoms with van der Waals surface area (Å²) >= 11 is 8.75. The number of nitrogens with one attached hydrogen (secondary N) is 1. The van der Waals surface area contributed by atoms with Crippen molar-refractivity contribution in [3.63, 3.8) is 0 Å². The fraction of sp³-hybridized carbons (Fsp3) is 0.571. The third-order valence-electron chi connectivity index (χ3n) is 3.47. The van der Waals surface area contributed by atoms with Crippen LogP contribution >= 0.6 is 27.5 Å². The SMILES string of the molecule is O=C(CCCCl)NC1CCN(C(=O)c2ccc(Br)o2)CC1. The normalized spacial score (nSPS) is 16.0. The summed E-state index contributed by atoms with van der Waals surface area (Å²) in [6.07, 6.45) is 2.68. The zero-order chi connectivity index (χ0) is 15.2. The van der Waals surface area contributed by atoms with Crippen molar-refractivity contribution < 1.29 is 14.0 Å². The topological polar surface area (TPSA) is 62.6 Å². The minimum absolute atomic E-state index is 0.0374. The Morgan fingerprint density at radius 2 is 2.10 bits per heavy atom. The van der Waals surface area contributed by atoms with Gasteiger partial charge in [0.05, 0.1) is 0 Å². The van der Waals surface area contributed by atoms with Crippen LogP contribution in [0.2, 0.25) is 0 Å². The Labute approximate surface area is 137 Å². The number of hydrogen-bond donors (Lipinski definition) is 1. The predicted molar refractivity (Wildman–Crippen MR) is 83.4 cm³/mol. The number of hydrogen-bond acceptors (Lipinski definition) is 3. The molecule has 1 saturated heterocycles. The van der Waals surface area contributed by atoms with Crippen LogP contribution in [0.15, 0.2) is 21.2 Å². The standard InChI is InChI=1S/C14H18BrClN2O3/c15-12-4-3-11(21-12)14(20)18-8-5-10(6-9-18)17-13(19)2-1-7-16/h3-4,10H,1-2,5-9H2,(H,17,19). The summed E-state index contributed by atoms with van der Waals surface area (Å²) < 4.78 is 5.83. The van der Waals surface area contributed by atoms with Crippen LogP contribution in [0, 0.1) is 0 Å². The number of furan rings is 1. The molecule has 21 heavy (non-hydrogen) atoms. The van der Waals surface area contributed by atoms with Crippen LogP contribution in [0.5, 0.6) is 0 Å². The van der Waals surface area contributed by atoms with E-state index in [-0.39, 0.29) is 17.9 Å². The van der Waals surface area contributed by atoms with Crippen molar-refractivity contribution in [2.45, 2.75) is 31.7 Å². The van der Waals surface area contributed by atoms with Crippen LogP contribution in [0.3, 0.4) is 0 Å². The van der Waals surface area contributed by atoms with Crippen molar-refractivity contribution >= 4 is 39.3 Å². The lowest BCUT2D eigenvalue weighted by Crippen LogP contribution is -2.46. The molecule has 7 heteroatoms. The van der Waals surface area contributed by atoms with Crippen LogP contribution in [0.1, 0.15) is 36.2 Å². The average molecular weight is 378 g/mol. The Morgan fingerprint density at radius 1 is 1.38 bits per heavy atom. The van der Waals surface area contributed by atoms with Gasteiger partial charge in [0, 0.05) is 31.4 Å². The van der Waals surface area contributed by atoms with E-state index >= 15 is 0 Å². The highest BCUT2D eigenvalue weighted by atomic mass is 79.9. The van der Waals surface area contributed by atoms with Crippen molar-refractivity contribution in [2.24, 2.45) is 0 Å². The molecular formula is C14H18BrClN2O3. The Hall–Kier alpha value is -1.01. The van der Waals surface area contributed by atoms with E-state index in [0.29, 0.717) is 42.2 Å². The highest BCUT2D eigenvalue weighted by Crippen LogP contribution is 2.18. The molecule has 1 aliphatic rings. The van der Waals surface area contributed by atoms with E-state index in [0.717, 1.165) is 12.8 Å². The molecule has 0 radical (unpaired) electrons. The summed E-state index contributed by atoms with van der Waals surface area (Å²) in [6, 6.07) is 3.50. The van der Waals surface area contributed by atoms with E-state index in [2.05, 4.69) is 21.2 Å². The lowest BCUT2D eigenvalue weighted by Gasteiger charge is -2.31. The van der Waals surface area contributed by atoms with Crippen molar-refractivity contribution in [1.82, 2.24) is 10.2 Å². The molecule has 0 saturated carbocycles. The minimum Gasteiger partial charge on any atom is -0.444 e. The molecule has 0 atom stereocenters. The summed E-state index contributed by atoms with van der Waals surface area (Å²) in [7, 11) is 0. The first-order valence-corrected chi connectivity index (χ1v) is 8.33. The number of amides is 2. The number of rotatable bonds is 5. The Balaban J connectivity index is 1.78. The quantitative estimate of drug-likeness (QED) is 0.803. The molecule has 116 valence electrons. The van der Waals surface area contributed by atoms with Gasteiger partial charge >= 0.3 is 0 Å². The van der Waals surface area contributed by atoms with Gasteiger partial charge in [0.25, 0.3) is 5.91 Å². The first-order valence-electron chi connectivity index (χ1n) is 7.00. The molecule has 0 spiro atoms. The Morgan fingerprint density at radius 3 is 2.67 bits per heavy atom. The third-order valence-corrected chi connectivity index (χ3v) is 4.16. The van der Waals surface area contributed by atoms with Crippen molar-refractivity contribution in [1.29, 1.82) is 0 Å². The first-order chi connectivity index (χ1) is 10.1. The van der Waals surface area contributed by atoms with Crippen molar-refractivity contribution in [3.8, 4) is 0 Å². The van der Waals surface area contributed by atoms with Crippen molar-refractivity contribution in [3.05, 3.63) is 22.6 Å². The largest absolute Gasteiger partial charge is 0.444 e. The molecule has 0 bridgehead atoms. The number of piperidine rings is 1.